The van der Waals surface area contributed by atoms with Gasteiger partial charge in [-0.15, -0.1) is 0 Å². The van der Waals surface area contributed by atoms with Crippen LogP contribution in [0, 0.1) is 0 Å². The summed E-state index contributed by atoms with van der Waals surface area (Å²) < 4.78 is 10.5. The van der Waals surface area contributed by atoms with Crippen LogP contribution in [-0.2, 0) is 21.7 Å². The maximum Gasteiger partial charge on any atom is 0.326 e. The number of amides is 4. The highest BCUT2D eigenvalue weighted by Crippen LogP contribution is 2.37. The van der Waals surface area contributed by atoms with E-state index in [9.17, 15) is 14.4 Å². The second kappa shape index (κ2) is 10.5. The van der Waals surface area contributed by atoms with E-state index < -0.39 is 17.5 Å². The number of urea groups is 1. The first-order chi connectivity index (χ1) is 17.4. The summed E-state index contributed by atoms with van der Waals surface area (Å²) in [6, 6.07) is 22.8. The zero-order valence-corrected chi connectivity index (χ0v) is 20.6. The molecule has 1 N–H and O–H groups in total. The highest BCUT2D eigenvalue weighted by atomic mass is 16.5. The van der Waals surface area contributed by atoms with Gasteiger partial charge in [-0.3, -0.25) is 14.5 Å². The standard InChI is InChI=1S/C28H29N3O5/c1-4-30(18-20-8-6-5-7-9-20)25(32)19-31-26(33)28(29-27(31)34,21-10-14-23(35-2)15-11-21)22-12-16-24(36-3)17-13-22/h5-17H,4,18-19H2,1-3H3,(H,29,34). The number of benzene rings is 3. The third-order valence-electron chi connectivity index (χ3n) is 6.40. The van der Waals surface area contributed by atoms with Gasteiger partial charge in [0.15, 0.2) is 5.54 Å². The number of imide groups is 1. The van der Waals surface area contributed by atoms with Crippen molar-refractivity contribution in [1.29, 1.82) is 0 Å². The molecule has 4 amide bonds. The fourth-order valence-electron chi connectivity index (χ4n) is 4.38. The minimum Gasteiger partial charge on any atom is -0.497 e. The maximum absolute atomic E-state index is 14.0. The zero-order chi connectivity index (χ0) is 25.7. The fraction of sp³-hybridized carbons (Fsp3) is 0.250. The molecule has 0 bridgehead atoms. The van der Waals surface area contributed by atoms with Gasteiger partial charge in [0.2, 0.25) is 5.91 Å². The van der Waals surface area contributed by atoms with Crippen molar-refractivity contribution < 1.29 is 23.9 Å². The Kier molecular flexibility index (Phi) is 7.24. The van der Waals surface area contributed by atoms with Crippen LogP contribution >= 0.6 is 0 Å². The first kappa shape index (κ1) is 24.8. The molecule has 0 unspecified atom stereocenters. The molecule has 1 fully saturated rings. The van der Waals surface area contributed by atoms with Crippen LogP contribution in [0.1, 0.15) is 23.6 Å². The topological polar surface area (TPSA) is 88.2 Å². The number of nitrogens with zero attached hydrogens (tertiary/aromatic N) is 2. The zero-order valence-electron chi connectivity index (χ0n) is 20.6. The molecular weight excluding hydrogens is 458 g/mol. The van der Waals surface area contributed by atoms with Gasteiger partial charge in [-0.05, 0) is 47.9 Å². The van der Waals surface area contributed by atoms with Gasteiger partial charge in [0.05, 0.1) is 14.2 Å². The Morgan fingerprint density at radius 1 is 0.861 bits per heavy atom. The Hall–Kier alpha value is -4.33. The van der Waals surface area contributed by atoms with Crippen LogP contribution in [0.2, 0.25) is 0 Å². The van der Waals surface area contributed by atoms with E-state index in [2.05, 4.69) is 5.32 Å². The predicted molar refractivity (Wildman–Crippen MR) is 135 cm³/mol. The minimum absolute atomic E-state index is 0.315. The van der Waals surface area contributed by atoms with Crippen LogP contribution in [0.3, 0.4) is 0 Å². The number of ether oxygens (including phenoxy) is 2. The Bertz CT molecular complexity index is 1180. The van der Waals surface area contributed by atoms with Crippen LogP contribution in [0.4, 0.5) is 4.79 Å². The van der Waals surface area contributed by atoms with Gasteiger partial charge in [-0.25, -0.2) is 4.79 Å². The number of rotatable bonds is 9. The van der Waals surface area contributed by atoms with E-state index >= 15 is 0 Å². The van der Waals surface area contributed by atoms with Gasteiger partial charge in [-0.2, -0.15) is 0 Å². The van der Waals surface area contributed by atoms with Crippen molar-refractivity contribution in [2.75, 3.05) is 27.3 Å². The molecule has 8 heteroatoms. The van der Waals surface area contributed by atoms with Crippen molar-refractivity contribution >= 4 is 17.8 Å². The lowest BCUT2D eigenvalue weighted by Gasteiger charge is -2.28. The molecule has 3 aromatic rings. The first-order valence-corrected chi connectivity index (χ1v) is 11.7. The van der Waals surface area contributed by atoms with Crippen molar-refractivity contribution in [3.8, 4) is 11.5 Å². The first-order valence-electron chi connectivity index (χ1n) is 11.7. The second-order valence-corrected chi connectivity index (χ2v) is 8.42. The van der Waals surface area contributed by atoms with E-state index in [1.54, 1.807) is 67.7 Å². The monoisotopic (exact) mass is 487 g/mol. The summed E-state index contributed by atoms with van der Waals surface area (Å²) in [6.45, 7) is 2.34. The Morgan fingerprint density at radius 2 is 1.39 bits per heavy atom. The van der Waals surface area contributed by atoms with E-state index in [0.717, 1.165) is 10.5 Å². The number of nitrogens with one attached hydrogen (secondary N) is 1. The van der Waals surface area contributed by atoms with Gasteiger partial charge in [0.1, 0.15) is 18.0 Å². The number of hydrogen-bond donors (Lipinski definition) is 1. The highest BCUT2D eigenvalue weighted by Gasteiger charge is 2.54. The molecule has 3 aromatic carbocycles. The largest absolute Gasteiger partial charge is 0.497 e. The molecule has 1 aliphatic rings. The average Bonchev–Trinajstić information content (AvgIpc) is 3.17. The van der Waals surface area contributed by atoms with Crippen LogP contribution in [-0.4, -0.2) is 55.0 Å². The Morgan fingerprint density at radius 3 is 1.86 bits per heavy atom. The van der Waals surface area contributed by atoms with Crippen molar-refractivity contribution in [2.24, 2.45) is 0 Å². The molecule has 8 nitrogen and oxygen atoms in total. The highest BCUT2D eigenvalue weighted by molar-refractivity contribution is 6.11. The fourth-order valence-corrected chi connectivity index (χ4v) is 4.38. The summed E-state index contributed by atoms with van der Waals surface area (Å²) >= 11 is 0. The normalized spacial score (nSPS) is 14.4. The van der Waals surface area contributed by atoms with Crippen LogP contribution < -0.4 is 14.8 Å². The van der Waals surface area contributed by atoms with Gasteiger partial charge in [0, 0.05) is 13.1 Å². The van der Waals surface area contributed by atoms with Crippen molar-refractivity contribution in [2.45, 2.75) is 19.0 Å². The molecule has 0 aromatic heterocycles. The average molecular weight is 488 g/mol. The summed E-state index contributed by atoms with van der Waals surface area (Å²) in [4.78, 5) is 42.9. The van der Waals surface area contributed by atoms with Crippen molar-refractivity contribution in [3.05, 3.63) is 95.6 Å². The van der Waals surface area contributed by atoms with E-state index in [1.807, 2.05) is 37.3 Å². The lowest BCUT2D eigenvalue weighted by Crippen LogP contribution is -2.46. The third kappa shape index (κ3) is 4.62. The summed E-state index contributed by atoms with van der Waals surface area (Å²) in [5, 5.41) is 2.87. The molecule has 0 aliphatic carbocycles. The summed E-state index contributed by atoms with van der Waals surface area (Å²) in [5.41, 5.74) is 0.583. The van der Waals surface area contributed by atoms with E-state index in [1.165, 1.54) is 0 Å². The third-order valence-corrected chi connectivity index (χ3v) is 6.40. The number of carbonyl (C=O) groups excluding carboxylic acids is 3. The molecule has 1 aliphatic heterocycles. The Balaban J connectivity index is 1.66. The molecule has 1 saturated heterocycles. The van der Waals surface area contributed by atoms with E-state index in [0.29, 0.717) is 35.7 Å². The molecule has 0 radical (unpaired) electrons. The van der Waals surface area contributed by atoms with Crippen LogP contribution in [0.25, 0.3) is 0 Å². The number of methoxy groups -OCH3 is 2. The van der Waals surface area contributed by atoms with E-state index in [-0.39, 0.29) is 12.5 Å². The molecule has 186 valence electrons. The maximum atomic E-state index is 14.0. The Labute approximate surface area is 210 Å². The molecule has 1 heterocycles. The van der Waals surface area contributed by atoms with Gasteiger partial charge in [0.25, 0.3) is 5.91 Å². The SMILES string of the molecule is CCN(Cc1ccccc1)C(=O)CN1C(=O)NC(c2ccc(OC)cc2)(c2ccc(OC)cc2)C1=O. The molecule has 36 heavy (non-hydrogen) atoms. The second-order valence-electron chi connectivity index (χ2n) is 8.42. The van der Waals surface area contributed by atoms with Gasteiger partial charge >= 0.3 is 6.03 Å². The number of carbonyl (C=O) groups is 3. The van der Waals surface area contributed by atoms with Crippen molar-refractivity contribution in [1.82, 2.24) is 15.1 Å². The summed E-state index contributed by atoms with van der Waals surface area (Å²) in [6.07, 6.45) is 0. The molecule has 0 spiro atoms. The molecule has 0 saturated carbocycles. The molecule has 4 rings (SSSR count). The van der Waals surface area contributed by atoms with E-state index in [4.69, 9.17) is 9.47 Å². The van der Waals surface area contributed by atoms with Gasteiger partial charge < -0.3 is 19.7 Å². The summed E-state index contributed by atoms with van der Waals surface area (Å²) in [7, 11) is 3.11. The summed E-state index contributed by atoms with van der Waals surface area (Å²) in [5.74, 6) is 0.399. The van der Waals surface area contributed by atoms with Crippen molar-refractivity contribution in [3.63, 3.8) is 0 Å². The number of hydrogen-bond acceptors (Lipinski definition) is 5. The molecule has 0 atom stereocenters. The number of likely N-dealkylation sites (N-methyl/N-ethyl adjacent to an activating group) is 1. The lowest BCUT2D eigenvalue weighted by molar-refractivity contribution is -0.138. The smallest absolute Gasteiger partial charge is 0.326 e. The van der Waals surface area contributed by atoms with Crippen LogP contribution in [0.5, 0.6) is 11.5 Å². The molecular formula is C28H29N3O5. The van der Waals surface area contributed by atoms with Gasteiger partial charge in [-0.1, -0.05) is 54.6 Å². The van der Waals surface area contributed by atoms with Crippen LogP contribution in [0.15, 0.2) is 78.9 Å². The predicted octanol–water partition coefficient (Wildman–Crippen LogP) is 3.55. The lowest BCUT2D eigenvalue weighted by atomic mass is 9.82. The minimum atomic E-state index is -1.49. The quantitative estimate of drug-likeness (QED) is 0.467.